The van der Waals surface area contributed by atoms with Crippen molar-refractivity contribution < 1.29 is 22.0 Å². The highest BCUT2D eigenvalue weighted by Crippen LogP contribution is 2.32. The summed E-state index contributed by atoms with van der Waals surface area (Å²) in [4.78, 5) is -0.119. The maximum Gasteiger partial charge on any atom is 0.399 e. The average Bonchev–Trinajstić information content (AvgIpc) is 2.18. The van der Waals surface area contributed by atoms with Crippen molar-refractivity contribution in [3.05, 3.63) is 29.8 Å². The second-order valence-electron chi connectivity index (χ2n) is 3.44. The first kappa shape index (κ1) is 14.7. The van der Waals surface area contributed by atoms with Gasteiger partial charge in [0, 0.05) is 16.7 Å². The fourth-order valence-electron chi connectivity index (χ4n) is 1.13. The van der Waals surface area contributed by atoms with Crippen LogP contribution in [-0.2, 0) is 0 Å². The number of hydrogen-bond acceptors (Lipinski definition) is 2. The van der Waals surface area contributed by atoms with E-state index in [9.17, 15) is 22.0 Å². The average molecular weight is 284 g/mol. The molecule has 1 unspecified atom stereocenters. The third kappa shape index (κ3) is 3.86. The molecule has 3 N–H and O–H groups in total. The van der Waals surface area contributed by atoms with Gasteiger partial charge < -0.3 is 5.73 Å². The summed E-state index contributed by atoms with van der Waals surface area (Å²) in [6, 6.07) is 2.57. The van der Waals surface area contributed by atoms with Crippen LogP contribution in [0.15, 0.2) is 23.1 Å². The largest absolute Gasteiger partial charge is 0.399 e. The first-order chi connectivity index (χ1) is 8.21. The molecule has 2 nitrogen and oxygen atoms in total. The Kier molecular flexibility index (Phi) is 4.55. The summed E-state index contributed by atoms with van der Waals surface area (Å²) in [5, 5.41) is 6.85. The fraction of sp³-hybridized carbons (Fsp3) is 0.300. The molecule has 100 valence electrons. The number of halogens is 5. The van der Waals surface area contributed by atoms with Crippen LogP contribution in [0.3, 0.4) is 0 Å². The van der Waals surface area contributed by atoms with Crippen LogP contribution in [-0.4, -0.2) is 17.8 Å². The van der Waals surface area contributed by atoms with Crippen LogP contribution in [0.4, 0.5) is 22.0 Å². The summed E-state index contributed by atoms with van der Waals surface area (Å²) in [5.74, 6) is -5.55. The molecule has 8 heteroatoms. The Balaban J connectivity index is 2.77. The number of alkyl halides is 3. The molecule has 0 amide bonds. The highest BCUT2D eigenvalue weighted by Gasteiger charge is 2.41. The smallest absolute Gasteiger partial charge is 0.387 e. The second-order valence-corrected chi connectivity index (χ2v) is 4.50. The summed E-state index contributed by atoms with van der Waals surface area (Å²) < 4.78 is 63.1. The fourth-order valence-corrected chi connectivity index (χ4v) is 2.20. The molecule has 1 atom stereocenters. The van der Waals surface area contributed by atoms with Crippen LogP contribution in [0.1, 0.15) is 0 Å². The van der Waals surface area contributed by atoms with Gasteiger partial charge in [0.2, 0.25) is 0 Å². The number of benzene rings is 1. The first-order valence-corrected chi connectivity index (χ1v) is 5.69. The van der Waals surface area contributed by atoms with E-state index < -0.39 is 35.3 Å². The normalized spacial score (nSPS) is 13.4. The number of nitrogens with one attached hydrogen (secondary N) is 1. The van der Waals surface area contributed by atoms with Gasteiger partial charge in [-0.15, -0.1) is 11.8 Å². The van der Waals surface area contributed by atoms with E-state index in [4.69, 9.17) is 11.1 Å². The predicted molar refractivity (Wildman–Crippen MR) is 58.5 cm³/mol. The van der Waals surface area contributed by atoms with E-state index in [1.807, 2.05) is 0 Å². The predicted octanol–water partition coefficient (Wildman–Crippen LogP) is 3.17. The van der Waals surface area contributed by atoms with Crippen LogP contribution in [0.2, 0.25) is 0 Å². The number of nitrogens with two attached hydrogens (primary N) is 1. The van der Waals surface area contributed by atoms with Gasteiger partial charge in [0.05, 0.1) is 0 Å². The highest BCUT2D eigenvalue weighted by atomic mass is 32.2. The third-order valence-electron chi connectivity index (χ3n) is 2.07. The second kappa shape index (κ2) is 5.55. The molecule has 0 heterocycles. The summed E-state index contributed by atoms with van der Waals surface area (Å²) >= 11 is 0.537. The van der Waals surface area contributed by atoms with E-state index >= 15 is 0 Å². The van der Waals surface area contributed by atoms with E-state index in [0.29, 0.717) is 17.8 Å². The van der Waals surface area contributed by atoms with Crippen LogP contribution < -0.4 is 5.73 Å². The van der Waals surface area contributed by atoms with Gasteiger partial charge in [-0.3, -0.25) is 5.41 Å². The van der Waals surface area contributed by atoms with Gasteiger partial charge in [-0.05, 0) is 12.1 Å². The van der Waals surface area contributed by atoms with Crippen molar-refractivity contribution in [2.24, 2.45) is 11.7 Å². The molecule has 0 bridgehead atoms. The molecule has 0 spiro atoms. The van der Waals surface area contributed by atoms with Gasteiger partial charge in [-0.25, -0.2) is 8.78 Å². The molecule has 0 fully saturated rings. The Morgan fingerprint density at radius 1 is 1.33 bits per heavy atom. The molecule has 0 radical (unpaired) electrons. The molecule has 0 aliphatic carbocycles. The zero-order chi connectivity index (χ0) is 13.9. The van der Waals surface area contributed by atoms with Crippen LogP contribution in [0.5, 0.6) is 0 Å². The third-order valence-corrected chi connectivity index (χ3v) is 3.21. The van der Waals surface area contributed by atoms with Crippen molar-refractivity contribution in [1.29, 1.82) is 5.41 Å². The van der Waals surface area contributed by atoms with Gasteiger partial charge in [0.25, 0.3) is 0 Å². The topological polar surface area (TPSA) is 49.9 Å². The first-order valence-electron chi connectivity index (χ1n) is 4.70. The Morgan fingerprint density at radius 3 is 2.39 bits per heavy atom. The van der Waals surface area contributed by atoms with Crippen LogP contribution >= 0.6 is 11.8 Å². The molecule has 0 aliphatic heterocycles. The Morgan fingerprint density at radius 2 is 1.94 bits per heavy atom. The minimum absolute atomic E-state index is 0.119. The van der Waals surface area contributed by atoms with Crippen molar-refractivity contribution in [3.8, 4) is 0 Å². The van der Waals surface area contributed by atoms with E-state index in [1.54, 1.807) is 0 Å². The molecule has 0 aliphatic rings. The molecule has 0 aromatic heterocycles. The van der Waals surface area contributed by atoms with Crippen LogP contribution in [0.25, 0.3) is 0 Å². The SMILES string of the molecule is N=C(N)C(CSc1ccc(F)cc1F)C(F)(F)F. The van der Waals surface area contributed by atoms with E-state index in [1.165, 1.54) is 0 Å². The van der Waals surface area contributed by atoms with E-state index in [-0.39, 0.29) is 4.90 Å². The molecular weight excluding hydrogens is 275 g/mol. The molecule has 1 rings (SSSR count). The van der Waals surface area contributed by atoms with Crippen molar-refractivity contribution >= 4 is 17.6 Å². The zero-order valence-corrected chi connectivity index (χ0v) is 9.71. The summed E-state index contributed by atoms with van der Waals surface area (Å²) in [6.45, 7) is 0. The minimum atomic E-state index is -4.66. The molecular formula is C10H9F5N2S. The summed E-state index contributed by atoms with van der Waals surface area (Å²) in [6.07, 6.45) is -4.66. The molecule has 1 aromatic carbocycles. The quantitative estimate of drug-likeness (QED) is 0.386. The number of thioether (sulfide) groups is 1. The zero-order valence-electron chi connectivity index (χ0n) is 8.89. The molecule has 0 saturated heterocycles. The maximum atomic E-state index is 13.2. The van der Waals surface area contributed by atoms with E-state index in [0.717, 1.165) is 12.1 Å². The van der Waals surface area contributed by atoms with Gasteiger partial charge in [-0.2, -0.15) is 13.2 Å². The van der Waals surface area contributed by atoms with Crippen molar-refractivity contribution in [1.82, 2.24) is 0 Å². The Bertz CT molecular complexity index is 446. The molecule has 0 saturated carbocycles. The van der Waals surface area contributed by atoms with Crippen LogP contribution in [0, 0.1) is 23.0 Å². The Labute approximate surface area is 104 Å². The van der Waals surface area contributed by atoms with Crippen molar-refractivity contribution in [2.75, 3.05) is 5.75 Å². The van der Waals surface area contributed by atoms with E-state index in [2.05, 4.69) is 0 Å². The van der Waals surface area contributed by atoms with Crippen molar-refractivity contribution in [2.45, 2.75) is 11.1 Å². The van der Waals surface area contributed by atoms with Gasteiger partial charge >= 0.3 is 6.18 Å². The molecule has 1 aromatic rings. The maximum absolute atomic E-state index is 13.2. The lowest BCUT2D eigenvalue weighted by Crippen LogP contribution is -2.37. The lowest BCUT2D eigenvalue weighted by molar-refractivity contribution is -0.150. The summed E-state index contributed by atoms with van der Waals surface area (Å²) in [5.41, 5.74) is 4.85. The number of hydrogen-bond donors (Lipinski definition) is 2. The van der Waals surface area contributed by atoms with Gasteiger partial charge in [-0.1, -0.05) is 0 Å². The minimum Gasteiger partial charge on any atom is -0.387 e. The molecule has 18 heavy (non-hydrogen) atoms. The number of rotatable bonds is 4. The highest BCUT2D eigenvalue weighted by molar-refractivity contribution is 7.99. The standard InChI is InChI=1S/C10H9F5N2S/c11-5-1-2-8(7(12)3-5)18-4-6(9(16)17)10(13,14)15/h1-3,6H,4H2,(H3,16,17). The van der Waals surface area contributed by atoms with Gasteiger partial charge in [0.1, 0.15) is 23.4 Å². The lowest BCUT2D eigenvalue weighted by Gasteiger charge is -2.18. The number of amidine groups is 1. The Hall–Kier alpha value is -1.31. The monoisotopic (exact) mass is 284 g/mol. The van der Waals surface area contributed by atoms with Crippen molar-refractivity contribution in [3.63, 3.8) is 0 Å². The lowest BCUT2D eigenvalue weighted by atomic mass is 10.1. The summed E-state index contributed by atoms with van der Waals surface area (Å²) in [7, 11) is 0. The van der Waals surface area contributed by atoms with Gasteiger partial charge in [0.15, 0.2) is 0 Å².